The summed E-state index contributed by atoms with van der Waals surface area (Å²) >= 11 is 0. The molecule has 0 aliphatic carbocycles. The van der Waals surface area contributed by atoms with E-state index in [1.54, 1.807) is 31.2 Å². The lowest BCUT2D eigenvalue weighted by Gasteiger charge is -2.33. The summed E-state index contributed by atoms with van der Waals surface area (Å²) in [5.74, 6) is -1.05. The predicted octanol–water partition coefficient (Wildman–Crippen LogP) is 1.58. The second-order valence-corrected chi connectivity index (χ2v) is 7.12. The van der Waals surface area contributed by atoms with Gasteiger partial charge in [-0.2, -0.15) is 0 Å². The first-order valence-corrected chi connectivity index (χ1v) is 9.49. The Morgan fingerprint density at radius 2 is 1.67 bits per heavy atom. The lowest BCUT2D eigenvalue weighted by atomic mass is 10.0. The number of benzene rings is 1. The van der Waals surface area contributed by atoms with Gasteiger partial charge in [0, 0.05) is 25.6 Å². The van der Waals surface area contributed by atoms with Gasteiger partial charge in [-0.05, 0) is 38.3 Å². The Labute approximate surface area is 158 Å². The maximum Gasteiger partial charge on any atom is 0.262 e. The van der Waals surface area contributed by atoms with Gasteiger partial charge in [0.25, 0.3) is 11.8 Å². The monoisotopic (exact) mass is 371 g/mol. The van der Waals surface area contributed by atoms with Crippen molar-refractivity contribution < 1.29 is 19.2 Å². The maximum absolute atomic E-state index is 12.6. The standard InChI is InChI=1S/C20H25N3O4/c1-3-6-17(24)22-11-9-14(10-12-22)21-18(25)13(2)23-19(26)15-7-4-5-8-16(15)20(23)27/h4-5,7-8,13-14H,3,6,9-12H2,1-2H3,(H,21,25). The highest BCUT2D eigenvalue weighted by molar-refractivity contribution is 6.22. The smallest absolute Gasteiger partial charge is 0.262 e. The van der Waals surface area contributed by atoms with Crippen molar-refractivity contribution >= 4 is 23.6 Å². The van der Waals surface area contributed by atoms with Crippen LogP contribution in [0.4, 0.5) is 0 Å². The molecular formula is C20H25N3O4. The van der Waals surface area contributed by atoms with Crippen LogP contribution in [0.3, 0.4) is 0 Å². The number of amides is 4. The van der Waals surface area contributed by atoms with Gasteiger partial charge in [-0.1, -0.05) is 19.1 Å². The second kappa shape index (κ2) is 7.90. The fourth-order valence-electron chi connectivity index (χ4n) is 3.64. The third-order valence-corrected chi connectivity index (χ3v) is 5.25. The zero-order valence-corrected chi connectivity index (χ0v) is 15.7. The number of likely N-dealkylation sites (tertiary alicyclic amines) is 1. The molecule has 0 spiro atoms. The molecule has 144 valence electrons. The normalized spacial score (nSPS) is 18.4. The molecule has 2 aliphatic rings. The Balaban J connectivity index is 1.57. The molecular weight excluding hydrogens is 346 g/mol. The highest BCUT2D eigenvalue weighted by atomic mass is 16.2. The van der Waals surface area contributed by atoms with Crippen molar-refractivity contribution in [3.05, 3.63) is 35.4 Å². The highest BCUT2D eigenvalue weighted by Crippen LogP contribution is 2.24. The zero-order chi connectivity index (χ0) is 19.6. The molecule has 1 fully saturated rings. The quantitative estimate of drug-likeness (QED) is 0.796. The third kappa shape index (κ3) is 3.72. The largest absolute Gasteiger partial charge is 0.351 e. The van der Waals surface area contributed by atoms with Crippen molar-refractivity contribution in [2.45, 2.75) is 51.6 Å². The first kappa shape index (κ1) is 19.1. The molecule has 1 saturated heterocycles. The molecule has 27 heavy (non-hydrogen) atoms. The summed E-state index contributed by atoms with van der Waals surface area (Å²) < 4.78 is 0. The molecule has 0 radical (unpaired) electrons. The van der Waals surface area contributed by atoms with Gasteiger partial charge in [0.15, 0.2) is 0 Å². The van der Waals surface area contributed by atoms with Gasteiger partial charge in [0.2, 0.25) is 11.8 Å². The van der Waals surface area contributed by atoms with E-state index in [-0.39, 0.29) is 17.9 Å². The van der Waals surface area contributed by atoms with Gasteiger partial charge < -0.3 is 10.2 Å². The summed E-state index contributed by atoms with van der Waals surface area (Å²) in [6.45, 7) is 4.78. The maximum atomic E-state index is 12.6. The average molecular weight is 371 g/mol. The Morgan fingerprint density at radius 3 is 2.19 bits per heavy atom. The number of carbonyl (C=O) groups is 4. The van der Waals surface area contributed by atoms with E-state index in [4.69, 9.17) is 0 Å². The molecule has 1 atom stereocenters. The van der Waals surface area contributed by atoms with Crippen LogP contribution < -0.4 is 5.32 Å². The van der Waals surface area contributed by atoms with Crippen molar-refractivity contribution in [1.82, 2.24) is 15.1 Å². The number of hydrogen-bond acceptors (Lipinski definition) is 4. The lowest BCUT2D eigenvalue weighted by molar-refractivity contribution is -0.132. The predicted molar refractivity (Wildman–Crippen MR) is 99.1 cm³/mol. The van der Waals surface area contributed by atoms with Crippen molar-refractivity contribution in [2.24, 2.45) is 0 Å². The van der Waals surface area contributed by atoms with E-state index in [0.29, 0.717) is 43.5 Å². The topological polar surface area (TPSA) is 86.8 Å². The van der Waals surface area contributed by atoms with Crippen LogP contribution in [0.1, 0.15) is 60.2 Å². The molecule has 1 aromatic rings. The molecule has 2 aliphatic heterocycles. The molecule has 1 N–H and O–H groups in total. The number of imide groups is 1. The molecule has 4 amide bonds. The Kier molecular flexibility index (Phi) is 5.58. The van der Waals surface area contributed by atoms with Crippen LogP contribution in [-0.2, 0) is 9.59 Å². The summed E-state index contributed by atoms with van der Waals surface area (Å²) in [6.07, 6.45) is 2.73. The van der Waals surface area contributed by atoms with Crippen molar-refractivity contribution in [2.75, 3.05) is 13.1 Å². The minimum atomic E-state index is -0.878. The Morgan fingerprint density at radius 1 is 1.11 bits per heavy atom. The minimum Gasteiger partial charge on any atom is -0.351 e. The molecule has 3 rings (SSSR count). The fourth-order valence-corrected chi connectivity index (χ4v) is 3.64. The lowest BCUT2D eigenvalue weighted by Crippen LogP contribution is -2.53. The first-order valence-electron chi connectivity index (χ1n) is 9.49. The summed E-state index contributed by atoms with van der Waals surface area (Å²) in [6, 6.07) is 5.67. The molecule has 7 heteroatoms. The number of carbonyl (C=O) groups excluding carboxylic acids is 4. The molecule has 7 nitrogen and oxygen atoms in total. The Hall–Kier alpha value is -2.70. The number of piperidine rings is 1. The Bertz CT molecular complexity index is 733. The molecule has 1 aromatic carbocycles. The first-order chi connectivity index (χ1) is 12.9. The number of rotatable bonds is 5. The minimum absolute atomic E-state index is 0.0548. The third-order valence-electron chi connectivity index (χ3n) is 5.25. The van der Waals surface area contributed by atoms with Gasteiger partial charge in [0.05, 0.1) is 11.1 Å². The van der Waals surface area contributed by atoms with E-state index < -0.39 is 17.9 Å². The van der Waals surface area contributed by atoms with Gasteiger partial charge in [-0.25, -0.2) is 0 Å². The van der Waals surface area contributed by atoms with Crippen molar-refractivity contribution in [1.29, 1.82) is 0 Å². The molecule has 2 heterocycles. The van der Waals surface area contributed by atoms with Crippen molar-refractivity contribution in [3.63, 3.8) is 0 Å². The van der Waals surface area contributed by atoms with Crippen molar-refractivity contribution in [3.8, 4) is 0 Å². The summed E-state index contributed by atoms with van der Waals surface area (Å²) in [7, 11) is 0. The van der Waals surface area contributed by atoms with Gasteiger partial charge >= 0.3 is 0 Å². The molecule has 1 unspecified atom stereocenters. The van der Waals surface area contributed by atoms with E-state index in [9.17, 15) is 19.2 Å². The van der Waals surface area contributed by atoms with E-state index >= 15 is 0 Å². The zero-order valence-electron chi connectivity index (χ0n) is 15.7. The van der Waals surface area contributed by atoms with Crippen LogP contribution >= 0.6 is 0 Å². The van der Waals surface area contributed by atoms with Gasteiger partial charge in [-0.3, -0.25) is 24.1 Å². The van der Waals surface area contributed by atoms with Crippen LogP contribution in [-0.4, -0.2) is 58.6 Å². The summed E-state index contributed by atoms with van der Waals surface area (Å²) in [5, 5.41) is 2.93. The number of hydrogen-bond donors (Lipinski definition) is 1. The van der Waals surface area contributed by atoms with Crippen LogP contribution in [0.25, 0.3) is 0 Å². The highest BCUT2D eigenvalue weighted by Gasteiger charge is 2.41. The second-order valence-electron chi connectivity index (χ2n) is 7.12. The molecule has 0 aromatic heterocycles. The van der Waals surface area contributed by atoms with Crippen LogP contribution in [0.5, 0.6) is 0 Å². The summed E-state index contributed by atoms with van der Waals surface area (Å²) in [5.41, 5.74) is 0.676. The van der Waals surface area contributed by atoms with E-state index in [0.717, 1.165) is 11.3 Å². The number of nitrogens with zero attached hydrogens (tertiary/aromatic N) is 2. The van der Waals surface area contributed by atoms with E-state index in [2.05, 4.69) is 5.32 Å². The van der Waals surface area contributed by atoms with Crippen LogP contribution in [0, 0.1) is 0 Å². The van der Waals surface area contributed by atoms with Gasteiger partial charge in [-0.15, -0.1) is 0 Å². The SMILES string of the molecule is CCCC(=O)N1CCC(NC(=O)C(C)N2C(=O)c3ccccc3C2=O)CC1. The van der Waals surface area contributed by atoms with E-state index in [1.807, 2.05) is 11.8 Å². The van der Waals surface area contributed by atoms with Crippen LogP contribution in [0.15, 0.2) is 24.3 Å². The van der Waals surface area contributed by atoms with E-state index in [1.165, 1.54) is 0 Å². The fraction of sp³-hybridized carbons (Fsp3) is 0.500. The number of fused-ring (bicyclic) bond motifs is 1. The van der Waals surface area contributed by atoms with Crippen LogP contribution in [0.2, 0.25) is 0 Å². The molecule has 0 saturated carbocycles. The summed E-state index contributed by atoms with van der Waals surface area (Å²) in [4.78, 5) is 52.4. The average Bonchev–Trinajstić information content (AvgIpc) is 2.93. The van der Waals surface area contributed by atoms with Gasteiger partial charge in [0.1, 0.15) is 6.04 Å². The number of nitrogens with one attached hydrogen (secondary N) is 1. The molecule has 0 bridgehead atoms.